The first-order valence-corrected chi connectivity index (χ1v) is 10.2. The number of ether oxygens (including phenoxy) is 1. The average Bonchev–Trinajstić information content (AvgIpc) is 2.63. The van der Waals surface area contributed by atoms with Gasteiger partial charge in [-0.1, -0.05) is 64.6 Å². The Balaban J connectivity index is 1.71. The summed E-state index contributed by atoms with van der Waals surface area (Å²) in [4.78, 5) is 0. The first-order valence-electron chi connectivity index (χ1n) is 8.69. The largest absolute Gasteiger partial charge is 0.486 e. The summed E-state index contributed by atoms with van der Waals surface area (Å²) in [7, 11) is 0. The van der Waals surface area contributed by atoms with Crippen LogP contribution in [0.15, 0.2) is 48.5 Å². The second-order valence-electron chi connectivity index (χ2n) is 6.58. The number of nitrogens with one attached hydrogen (secondary N) is 1. The van der Waals surface area contributed by atoms with E-state index < -0.39 is 0 Å². The molecule has 0 fully saturated rings. The zero-order valence-corrected chi connectivity index (χ0v) is 18.5. The molecule has 3 aromatic carbocycles. The van der Waals surface area contributed by atoms with Crippen LogP contribution >= 0.6 is 46.4 Å². The molecule has 0 atom stereocenters. The summed E-state index contributed by atoms with van der Waals surface area (Å²) < 4.78 is 5.82. The van der Waals surface area contributed by atoms with E-state index in [1.54, 1.807) is 12.1 Å². The Labute approximate surface area is 185 Å². The van der Waals surface area contributed by atoms with Crippen LogP contribution < -0.4 is 10.1 Å². The lowest BCUT2D eigenvalue weighted by atomic mass is 10.1. The molecule has 3 aromatic rings. The molecule has 0 unspecified atom stereocenters. The van der Waals surface area contributed by atoms with Crippen molar-refractivity contribution in [1.82, 2.24) is 0 Å². The van der Waals surface area contributed by atoms with Gasteiger partial charge in [0.25, 0.3) is 0 Å². The quantitative estimate of drug-likeness (QED) is 0.406. The fourth-order valence-corrected chi connectivity index (χ4v) is 3.87. The smallest absolute Gasteiger partial charge is 0.156 e. The van der Waals surface area contributed by atoms with E-state index in [4.69, 9.17) is 51.1 Å². The van der Waals surface area contributed by atoms with Crippen LogP contribution in [0, 0.1) is 13.8 Å². The predicted octanol–water partition coefficient (Wildman–Crippen LogP) is 8.11. The highest BCUT2D eigenvalue weighted by molar-refractivity contribution is 6.37. The molecule has 0 aliphatic heterocycles. The number of anilines is 1. The molecular formula is C22H19Cl4NO. The third-order valence-corrected chi connectivity index (χ3v) is 5.47. The summed E-state index contributed by atoms with van der Waals surface area (Å²) in [5, 5.41) is 5.45. The van der Waals surface area contributed by atoms with Gasteiger partial charge in [0.1, 0.15) is 6.61 Å². The van der Waals surface area contributed by atoms with E-state index in [0.717, 1.165) is 16.8 Å². The Morgan fingerprint density at radius 3 is 2.21 bits per heavy atom. The van der Waals surface area contributed by atoms with Gasteiger partial charge in [0, 0.05) is 27.8 Å². The fraction of sp³-hybridized carbons (Fsp3) is 0.182. The van der Waals surface area contributed by atoms with Crippen LogP contribution in [0.2, 0.25) is 20.1 Å². The van der Waals surface area contributed by atoms with Crippen LogP contribution in [0.1, 0.15) is 22.3 Å². The summed E-state index contributed by atoms with van der Waals surface area (Å²) in [6.45, 7) is 4.99. The lowest BCUT2D eigenvalue weighted by Crippen LogP contribution is -2.03. The van der Waals surface area contributed by atoms with Crippen LogP contribution in [0.3, 0.4) is 0 Å². The molecule has 0 heterocycles. The molecule has 0 aromatic heterocycles. The van der Waals surface area contributed by atoms with Crippen molar-refractivity contribution in [2.24, 2.45) is 0 Å². The van der Waals surface area contributed by atoms with Crippen LogP contribution in [0.25, 0.3) is 0 Å². The molecule has 3 rings (SSSR count). The maximum Gasteiger partial charge on any atom is 0.156 e. The molecule has 146 valence electrons. The number of rotatable bonds is 6. The van der Waals surface area contributed by atoms with Crippen molar-refractivity contribution in [2.75, 3.05) is 5.32 Å². The number of aryl methyl sites for hydroxylation is 2. The minimum absolute atomic E-state index is 0.246. The van der Waals surface area contributed by atoms with Crippen molar-refractivity contribution < 1.29 is 4.74 Å². The molecule has 0 aliphatic rings. The van der Waals surface area contributed by atoms with Gasteiger partial charge < -0.3 is 10.1 Å². The predicted molar refractivity (Wildman–Crippen MR) is 120 cm³/mol. The van der Waals surface area contributed by atoms with E-state index in [0.29, 0.717) is 32.4 Å². The normalized spacial score (nSPS) is 10.8. The minimum atomic E-state index is 0.246. The fourth-order valence-electron chi connectivity index (χ4n) is 2.76. The molecule has 2 nitrogen and oxygen atoms in total. The van der Waals surface area contributed by atoms with Crippen molar-refractivity contribution in [2.45, 2.75) is 27.0 Å². The zero-order valence-electron chi connectivity index (χ0n) is 15.5. The van der Waals surface area contributed by atoms with Crippen molar-refractivity contribution >= 4 is 52.1 Å². The van der Waals surface area contributed by atoms with Gasteiger partial charge in [-0.3, -0.25) is 0 Å². The highest BCUT2D eigenvalue weighted by atomic mass is 35.5. The van der Waals surface area contributed by atoms with Crippen molar-refractivity contribution in [3.05, 3.63) is 90.9 Å². The summed E-state index contributed by atoms with van der Waals surface area (Å²) in [6, 6.07) is 15.3. The maximum atomic E-state index is 6.41. The number of hydrogen-bond donors (Lipinski definition) is 1. The summed E-state index contributed by atoms with van der Waals surface area (Å²) in [5.41, 5.74) is 5.24. The van der Waals surface area contributed by atoms with Gasteiger partial charge in [0.05, 0.1) is 10.0 Å². The molecule has 0 spiro atoms. The Kier molecular flexibility index (Phi) is 7.00. The number of hydrogen-bond acceptors (Lipinski definition) is 2. The van der Waals surface area contributed by atoms with Gasteiger partial charge in [-0.15, -0.1) is 0 Å². The first kappa shape index (κ1) is 21.1. The molecule has 6 heteroatoms. The maximum absolute atomic E-state index is 6.41. The molecule has 0 saturated heterocycles. The second kappa shape index (κ2) is 9.28. The molecule has 0 saturated carbocycles. The number of halogens is 4. The SMILES string of the molecule is Cc1ccc(C)c(NCc2cc(Cl)c(OCc3ccc(Cl)cc3Cl)c(Cl)c2)c1. The molecule has 0 amide bonds. The molecule has 0 radical (unpaired) electrons. The molecular weight excluding hydrogens is 436 g/mol. The standard InChI is InChI=1S/C22H19Cl4NO/c1-13-3-4-14(2)21(7-13)27-11-15-8-19(25)22(20(26)9-15)28-12-16-5-6-17(23)10-18(16)24/h3-10,27H,11-12H2,1-2H3. The third kappa shape index (κ3) is 5.27. The van der Waals surface area contributed by atoms with Gasteiger partial charge >= 0.3 is 0 Å². The van der Waals surface area contributed by atoms with E-state index in [1.807, 2.05) is 18.2 Å². The highest BCUT2D eigenvalue weighted by Crippen LogP contribution is 2.35. The van der Waals surface area contributed by atoms with Gasteiger partial charge in [0.15, 0.2) is 5.75 Å². The minimum Gasteiger partial charge on any atom is -0.486 e. The summed E-state index contributed by atoms with van der Waals surface area (Å²) in [5.74, 6) is 0.435. The van der Waals surface area contributed by atoms with E-state index in [9.17, 15) is 0 Å². The van der Waals surface area contributed by atoms with Crippen molar-refractivity contribution in [3.8, 4) is 5.75 Å². The summed E-state index contributed by atoms with van der Waals surface area (Å²) >= 11 is 24.9. The molecule has 1 N–H and O–H groups in total. The monoisotopic (exact) mass is 453 g/mol. The van der Waals surface area contributed by atoms with Crippen molar-refractivity contribution in [3.63, 3.8) is 0 Å². The Morgan fingerprint density at radius 1 is 0.821 bits per heavy atom. The third-order valence-electron chi connectivity index (χ3n) is 4.32. The number of benzene rings is 3. The Morgan fingerprint density at radius 2 is 1.54 bits per heavy atom. The van der Waals surface area contributed by atoms with E-state index in [1.165, 1.54) is 11.1 Å². The van der Waals surface area contributed by atoms with Gasteiger partial charge in [-0.2, -0.15) is 0 Å². The second-order valence-corrected chi connectivity index (χ2v) is 8.24. The first-order chi connectivity index (χ1) is 13.3. The van der Waals surface area contributed by atoms with Crippen LogP contribution in [0.4, 0.5) is 5.69 Å². The van der Waals surface area contributed by atoms with Gasteiger partial charge in [-0.05, 0) is 60.9 Å². The Bertz CT molecular complexity index is 981. The average molecular weight is 455 g/mol. The molecule has 0 aliphatic carbocycles. The molecule has 28 heavy (non-hydrogen) atoms. The van der Waals surface area contributed by atoms with E-state index >= 15 is 0 Å². The Hall–Kier alpha value is -1.58. The summed E-state index contributed by atoms with van der Waals surface area (Å²) in [6.07, 6.45) is 0. The topological polar surface area (TPSA) is 21.3 Å². The highest BCUT2D eigenvalue weighted by Gasteiger charge is 2.12. The lowest BCUT2D eigenvalue weighted by molar-refractivity contribution is 0.306. The van der Waals surface area contributed by atoms with Crippen LogP contribution in [0.5, 0.6) is 5.75 Å². The van der Waals surface area contributed by atoms with Crippen LogP contribution in [-0.2, 0) is 13.2 Å². The van der Waals surface area contributed by atoms with E-state index in [2.05, 4.69) is 37.4 Å². The lowest BCUT2D eigenvalue weighted by Gasteiger charge is -2.14. The van der Waals surface area contributed by atoms with Gasteiger partial charge in [0.2, 0.25) is 0 Å². The molecule has 0 bridgehead atoms. The van der Waals surface area contributed by atoms with Crippen molar-refractivity contribution in [1.29, 1.82) is 0 Å². The van der Waals surface area contributed by atoms with E-state index in [-0.39, 0.29) is 6.61 Å². The van der Waals surface area contributed by atoms with Crippen LogP contribution in [-0.4, -0.2) is 0 Å². The van der Waals surface area contributed by atoms with Gasteiger partial charge in [-0.25, -0.2) is 0 Å². The zero-order chi connectivity index (χ0) is 20.3.